The minimum absolute atomic E-state index is 0.212. The molecule has 0 spiro atoms. The van der Waals surface area contributed by atoms with E-state index in [0.717, 1.165) is 12.0 Å². The first-order valence-corrected chi connectivity index (χ1v) is 15.5. The van der Waals surface area contributed by atoms with Gasteiger partial charge < -0.3 is 34.1 Å². The molecule has 0 radical (unpaired) electrons. The van der Waals surface area contributed by atoms with Crippen LogP contribution in [0, 0.1) is 5.92 Å². The minimum Gasteiger partial charge on any atom is -0.493 e. The van der Waals surface area contributed by atoms with Gasteiger partial charge in [0.1, 0.15) is 23.5 Å². The van der Waals surface area contributed by atoms with Crippen molar-refractivity contribution in [2.24, 2.45) is 5.92 Å². The van der Waals surface area contributed by atoms with Gasteiger partial charge in [0.2, 0.25) is 0 Å². The molecule has 4 rings (SSSR count). The maximum atomic E-state index is 13.8. The van der Waals surface area contributed by atoms with Crippen molar-refractivity contribution < 1.29 is 48.3 Å². The molecule has 2 aromatic rings. The standard InChI is InChI=1S/C34H43NO10/c1-22-9-4-6-17-34(22,41)31(38)32(39)35-18-7-5-12-26(35)33(40)45-27(24-10-8-11-25(20-24)44-21-30(36)37)15-13-23-14-16-28(42-2)29(19-23)43-3/h8,10-11,14,16,19-20,22,26-27,41H,4-7,9,12-13,15,17-18,21H2,1-3H3,(H,36,37)/t22?,26-,27+,34?/m0/s1. The number of aryl methyl sites for hydroxylation is 1. The third-order valence-electron chi connectivity index (χ3n) is 8.88. The first kappa shape index (κ1) is 33.8. The van der Waals surface area contributed by atoms with E-state index in [2.05, 4.69) is 0 Å². The monoisotopic (exact) mass is 625 g/mol. The zero-order valence-electron chi connectivity index (χ0n) is 26.2. The number of carboxylic acid groups (broad SMARTS) is 1. The van der Waals surface area contributed by atoms with Crippen molar-refractivity contribution in [1.82, 2.24) is 4.90 Å². The molecule has 2 fully saturated rings. The Balaban J connectivity index is 1.56. The third kappa shape index (κ3) is 8.13. The molecular formula is C34H43NO10. The van der Waals surface area contributed by atoms with Crippen LogP contribution in [-0.2, 0) is 30.3 Å². The number of methoxy groups -OCH3 is 2. The molecule has 244 valence electrons. The summed E-state index contributed by atoms with van der Waals surface area (Å²) in [5.74, 6) is -2.39. The molecule has 0 bridgehead atoms. The molecule has 2 aromatic carbocycles. The number of Topliss-reactive ketones (excluding diaryl/α,β-unsaturated/α-hetero) is 1. The van der Waals surface area contributed by atoms with E-state index in [1.165, 1.54) is 4.90 Å². The third-order valence-corrected chi connectivity index (χ3v) is 8.88. The zero-order valence-corrected chi connectivity index (χ0v) is 26.2. The summed E-state index contributed by atoms with van der Waals surface area (Å²) in [6.45, 7) is 1.46. The molecule has 1 heterocycles. The number of nitrogens with zero attached hydrogens (tertiary/aromatic N) is 1. The number of ether oxygens (including phenoxy) is 4. The molecule has 2 aliphatic rings. The highest BCUT2D eigenvalue weighted by atomic mass is 16.5. The first-order chi connectivity index (χ1) is 21.6. The Bertz CT molecular complexity index is 1380. The van der Waals surface area contributed by atoms with E-state index >= 15 is 0 Å². The Hall–Kier alpha value is -4.12. The highest BCUT2D eigenvalue weighted by Crippen LogP contribution is 2.36. The Morgan fingerprint density at radius 3 is 2.44 bits per heavy atom. The average molecular weight is 626 g/mol. The number of esters is 1. The lowest BCUT2D eigenvalue weighted by atomic mass is 9.73. The van der Waals surface area contributed by atoms with Gasteiger partial charge in [0, 0.05) is 6.54 Å². The number of carbonyl (C=O) groups excluding carboxylic acids is 3. The number of amides is 1. The van der Waals surface area contributed by atoms with Crippen molar-refractivity contribution in [3.8, 4) is 17.2 Å². The molecule has 4 atom stereocenters. The molecule has 1 saturated carbocycles. The van der Waals surface area contributed by atoms with Crippen LogP contribution < -0.4 is 14.2 Å². The highest BCUT2D eigenvalue weighted by Gasteiger charge is 2.49. The maximum Gasteiger partial charge on any atom is 0.341 e. The summed E-state index contributed by atoms with van der Waals surface area (Å²) >= 11 is 0. The minimum atomic E-state index is -1.74. The van der Waals surface area contributed by atoms with Gasteiger partial charge in [0.25, 0.3) is 11.7 Å². The molecule has 11 nitrogen and oxygen atoms in total. The molecule has 0 aromatic heterocycles. The Kier molecular flexibility index (Phi) is 11.4. The number of hydrogen-bond donors (Lipinski definition) is 2. The largest absolute Gasteiger partial charge is 0.493 e. The van der Waals surface area contributed by atoms with Gasteiger partial charge in [-0.15, -0.1) is 0 Å². The molecule has 1 amide bonds. The fraction of sp³-hybridized carbons (Fsp3) is 0.529. The molecule has 2 N–H and O–H groups in total. The fourth-order valence-corrected chi connectivity index (χ4v) is 6.20. The van der Waals surface area contributed by atoms with E-state index in [0.29, 0.717) is 67.8 Å². The Morgan fingerprint density at radius 1 is 0.978 bits per heavy atom. The summed E-state index contributed by atoms with van der Waals surface area (Å²) < 4.78 is 22.2. The van der Waals surface area contributed by atoms with E-state index in [1.807, 2.05) is 12.1 Å². The number of hydrogen-bond acceptors (Lipinski definition) is 9. The van der Waals surface area contributed by atoms with E-state index in [1.54, 1.807) is 51.5 Å². The quantitative estimate of drug-likeness (QED) is 0.244. The van der Waals surface area contributed by atoms with Crippen LogP contribution >= 0.6 is 0 Å². The summed E-state index contributed by atoms with van der Waals surface area (Å²) in [4.78, 5) is 53.0. The number of likely N-dealkylation sites (tertiary alicyclic amines) is 1. The maximum absolute atomic E-state index is 13.8. The van der Waals surface area contributed by atoms with Crippen molar-refractivity contribution >= 4 is 23.6 Å². The number of aliphatic carboxylic acids is 1. The lowest BCUT2D eigenvalue weighted by Crippen LogP contribution is -2.58. The number of benzene rings is 2. The van der Waals surface area contributed by atoms with Crippen LogP contribution in [0.4, 0.5) is 0 Å². The van der Waals surface area contributed by atoms with Crippen LogP contribution in [0.3, 0.4) is 0 Å². The number of piperidine rings is 1. The number of rotatable bonds is 13. The summed E-state index contributed by atoms with van der Waals surface area (Å²) in [5.41, 5.74) is -0.247. The molecule has 2 unspecified atom stereocenters. The van der Waals surface area contributed by atoms with E-state index in [-0.39, 0.29) is 18.9 Å². The second kappa shape index (κ2) is 15.2. The number of ketones is 1. The fourth-order valence-electron chi connectivity index (χ4n) is 6.20. The second-order valence-electron chi connectivity index (χ2n) is 11.8. The normalized spacial score (nSPS) is 22.2. The van der Waals surface area contributed by atoms with Crippen LogP contribution in [0.2, 0.25) is 0 Å². The summed E-state index contributed by atoms with van der Waals surface area (Å²) in [6, 6.07) is 11.2. The predicted octanol–water partition coefficient (Wildman–Crippen LogP) is 4.28. The van der Waals surface area contributed by atoms with Crippen LogP contribution in [0.5, 0.6) is 17.2 Å². The first-order valence-electron chi connectivity index (χ1n) is 15.5. The van der Waals surface area contributed by atoms with Crippen LogP contribution in [0.1, 0.15) is 75.5 Å². The van der Waals surface area contributed by atoms with Crippen LogP contribution in [0.15, 0.2) is 42.5 Å². The van der Waals surface area contributed by atoms with Crippen LogP contribution in [0.25, 0.3) is 0 Å². The lowest BCUT2D eigenvalue weighted by Gasteiger charge is -2.39. The Labute approximate surface area is 263 Å². The van der Waals surface area contributed by atoms with Crippen molar-refractivity contribution in [1.29, 1.82) is 0 Å². The van der Waals surface area contributed by atoms with Gasteiger partial charge in [-0.05, 0) is 86.3 Å². The number of carbonyl (C=O) groups is 4. The number of carboxylic acids is 1. The SMILES string of the molecule is COc1ccc(CC[C@@H](OC(=O)[C@@H]2CCCCN2C(=O)C(=O)C2(O)CCCCC2C)c2cccc(OCC(=O)O)c2)cc1OC. The van der Waals surface area contributed by atoms with Gasteiger partial charge in [-0.1, -0.05) is 38.0 Å². The molecule has 11 heteroatoms. The van der Waals surface area contributed by atoms with Gasteiger partial charge in [-0.2, -0.15) is 0 Å². The second-order valence-corrected chi connectivity index (χ2v) is 11.8. The van der Waals surface area contributed by atoms with Crippen molar-refractivity contribution in [2.45, 2.75) is 82.5 Å². The topological polar surface area (TPSA) is 149 Å². The summed E-state index contributed by atoms with van der Waals surface area (Å²) in [5, 5.41) is 20.2. The molecular weight excluding hydrogens is 582 g/mol. The molecule has 1 aliphatic carbocycles. The van der Waals surface area contributed by atoms with Crippen LogP contribution in [-0.4, -0.2) is 77.8 Å². The van der Waals surface area contributed by atoms with Gasteiger partial charge in [-0.3, -0.25) is 9.59 Å². The van der Waals surface area contributed by atoms with E-state index < -0.39 is 48.0 Å². The van der Waals surface area contributed by atoms with E-state index in [4.69, 9.17) is 24.1 Å². The number of aliphatic hydroxyl groups is 1. The summed E-state index contributed by atoms with van der Waals surface area (Å²) in [6.07, 6.45) is 4.09. The Morgan fingerprint density at radius 2 is 1.73 bits per heavy atom. The lowest BCUT2D eigenvalue weighted by molar-refractivity contribution is -0.169. The van der Waals surface area contributed by atoms with Crippen molar-refractivity contribution in [3.63, 3.8) is 0 Å². The molecule has 1 aliphatic heterocycles. The predicted molar refractivity (Wildman–Crippen MR) is 163 cm³/mol. The van der Waals surface area contributed by atoms with Gasteiger partial charge in [0.05, 0.1) is 14.2 Å². The highest BCUT2D eigenvalue weighted by molar-refractivity contribution is 6.39. The average Bonchev–Trinajstić information content (AvgIpc) is 3.06. The van der Waals surface area contributed by atoms with E-state index in [9.17, 15) is 24.3 Å². The molecule has 45 heavy (non-hydrogen) atoms. The molecule has 1 saturated heterocycles. The van der Waals surface area contributed by atoms with Crippen molar-refractivity contribution in [2.75, 3.05) is 27.4 Å². The smallest absolute Gasteiger partial charge is 0.341 e. The van der Waals surface area contributed by atoms with Crippen molar-refractivity contribution in [3.05, 3.63) is 53.6 Å². The summed E-state index contributed by atoms with van der Waals surface area (Å²) in [7, 11) is 3.10. The van der Waals surface area contributed by atoms with Gasteiger partial charge >= 0.3 is 11.9 Å². The van der Waals surface area contributed by atoms with Gasteiger partial charge in [0.15, 0.2) is 18.1 Å². The van der Waals surface area contributed by atoms with Gasteiger partial charge in [-0.25, -0.2) is 9.59 Å². The zero-order chi connectivity index (χ0) is 32.6.